The van der Waals surface area contributed by atoms with E-state index in [1.807, 2.05) is 60.7 Å². The lowest BCUT2D eigenvalue weighted by Gasteiger charge is -2.44. The molecule has 7 rings (SSSR count). The van der Waals surface area contributed by atoms with E-state index in [9.17, 15) is 14.7 Å². The highest BCUT2D eigenvalue weighted by atomic mass is 32.1. The minimum absolute atomic E-state index is 0.0420. The summed E-state index contributed by atoms with van der Waals surface area (Å²) in [4.78, 5) is 32.0. The number of anilines is 1. The molecule has 3 aromatic carbocycles. The van der Waals surface area contributed by atoms with E-state index >= 15 is 0 Å². The van der Waals surface area contributed by atoms with Crippen LogP contribution in [0.3, 0.4) is 0 Å². The Bertz CT molecular complexity index is 1680. The van der Waals surface area contributed by atoms with Crippen LogP contribution in [0.5, 0.6) is 11.5 Å². The fraction of sp³-hybridized carbons (Fsp3) is 0.487. The summed E-state index contributed by atoms with van der Waals surface area (Å²) in [5.41, 5.74) is 3.48. The molecule has 3 aliphatic rings. The monoisotopic (exact) mass is 686 g/mol. The summed E-state index contributed by atoms with van der Waals surface area (Å²) in [5.74, 6) is 1.36. The number of amides is 1. The Hall–Kier alpha value is -3.86. The number of rotatable bonds is 18. The second-order valence-electron chi connectivity index (χ2n) is 13.4. The number of hydrogen-bond acceptors (Lipinski definition) is 8. The van der Waals surface area contributed by atoms with Crippen molar-refractivity contribution in [2.24, 2.45) is 5.92 Å². The molecule has 0 unspecified atom stereocenters. The Morgan fingerprint density at radius 1 is 0.939 bits per heavy atom. The van der Waals surface area contributed by atoms with E-state index in [0.29, 0.717) is 24.6 Å². The van der Waals surface area contributed by atoms with E-state index < -0.39 is 0 Å². The third-order valence-corrected chi connectivity index (χ3v) is 10.8. The van der Waals surface area contributed by atoms with E-state index in [2.05, 4.69) is 15.2 Å². The number of phenols is 1. The summed E-state index contributed by atoms with van der Waals surface area (Å²) in [6.45, 7) is 6.00. The van der Waals surface area contributed by atoms with Crippen LogP contribution < -0.4 is 19.8 Å². The quantitative estimate of drug-likeness (QED) is 0.0933. The number of carbonyl (C=O) groups is 1. The second kappa shape index (κ2) is 17.7. The van der Waals surface area contributed by atoms with Gasteiger partial charge in [-0.25, -0.2) is 4.79 Å². The van der Waals surface area contributed by atoms with Crippen molar-refractivity contribution in [3.63, 3.8) is 0 Å². The number of piperidine rings is 3. The van der Waals surface area contributed by atoms with Crippen LogP contribution in [0.4, 0.5) is 10.5 Å². The summed E-state index contributed by atoms with van der Waals surface area (Å²) in [6, 6.07) is 21.5. The number of nitrogens with one attached hydrogen (secondary N) is 2. The predicted octanol–water partition coefficient (Wildman–Crippen LogP) is 7.47. The molecule has 3 fully saturated rings. The highest BCUT2D eigenvalue weighted by Crippen LogP contribution is 2.32. The minimum Gasteiger partial charge on any atom is -0.506 e. The molecule has 0 aliphatic carbocycles. The molecule has 0 spiro atoms. The average molecular weight is 687 g/mol. The van der Waals surface area contributed by atoms with Crippen LogP contribution in [0, 0.1) is 5.92 Å². The lowest BCUT2D eigenvalue weighted by Crippen LogP contribution is -2.53. The number of unbranched alkanes of at least 4 members (excludes halogenated alkanes) is 6. The third kappa shape index (κ3) is 9.86. The number of phenolic OH excluding ortho intramolecular Hbond substituents is 1. The first kappa shape index (κ1) is 35.0. The molecular formula is C39H50N4O5S. The fourth-order valence-corrected chi connectivity index (χ4v) is 7.95. The highest BCUT2D eigenvalue weighted by Gasteiger charge is 2.37. The van der Waals surface area contributed by atoms with Gasteiger partial charge in [0, 0.05) is 12.6 Å². The SMILES string of the molecule is O=C(O[C@H]1CN2CCC1CC2)N(Cc1ccccc1)c1cccc(OCCCCCCCCCNCCc2ccc(O)c3[nH]c(=O)sc23)c1. The van der Waals surface area contributed by atoms with Gasteiger partial charge >= 0.3 is 11.0 Å². The van der Waals surface area contributed by atoms with E-state index in [1.54, 1.807) is 11.0 Å². The van der Waals surface area contributed by atoms with Gasteiger partial charge in [0.1, 0.15) is 23.1 Å². The molecule has 3 N–H and O–H groups in total. The maximum atomic E-state index is 13.6. The highest BCUT2D eigenvalue weighted by molar-refractivity contribution is 7.16. The summed E-state index contributed by atoms with van der Waals surface area (Å²) in [6.07, 6.45) is 10.9. The van der Waals surface area contributed by atoms with Crippen LogP contribution in [0.25, 0.3) is 10.2 Å². The van der Waals surface area contributed by atoms with E-state index in [1.165, 1.54) is 25.7 Å². The fourth-order valence-electron chi connectivity index (χ4n) is 7.05. The number of carbonyl (C=O) groups excluding carboxylic acids is 1. The molecule has 9 nitrogen and oxygen atoms in total. The summed E-state index contributed by atoms with van der Waals surface area (Å²) >= 11 is 1.16. The van der Waals surface area contributed by atoms with Gasteiger partial charge in [-0.1, -0.05) is 85.9 Å². The van der Waals surface area contributed by atoms with Gasteiger partial charge in [0.05, 0.1) is 23.5 Å². The standard InChI is InChI=1S/C39H50N4O5S/c44-34-17-16-31(37-36(34)41-38(45)49-37)18-22-40-21-9-4-2-1-3-5-10-25-47-33-15-11-14-32(26-33)43(27-29-12-7-6-8-13-29)39(46)48-35-28-42-23-19-30(35)20-24-42/h6-8,11-17,26,30,35,40,44H,1-5,9-10,18-25,27-28H2,(H,41,45)/t35-/m0/s1. The van der Waals surface area contributed by atoms with Crippen LogP contribution in [0.15, 0.2) is 71.5 Å². The first-order valence-corrected chi connectivity index (χ1v) is 18.9. The van der Waals surface area contributed by atoms with Gasteiger partial charge < -0.3 is 24.9 Å². The normalized spacial score (nSPS) is 18.5. The maximum absolute atomic E-state index is 13.6. The number of fused-ring (bicyclic) bond motifs is 4. The molecule has 2 bridgehead atoms. The van der Waals surface area contributed by atoms with Gasteiger partial charge in [0.25, 0.3) is 0 Å². The van der Waals surface area contributed by atoms with E-state index in [4.69, 9.17) is 9.47 Å². The Morgan fingerprint density at radius 2 is 1.71 bits per heavy atom. The van der Waals surface area contributed by atoms with Gasteiger partial charge in [-0.05, 0) is 93.5 Å². The number of benzene rings is 3. The number of ether oxygens (including phenoxy) is 2. The predicted molar refractivity (Wildman–Crippen MR) is 197 cm³/mol. The largest absolute Gasteiger partial charge is 0.506 e. The van der Waals surface area contributed by atoms with Crippen molar-refractivity contribution in [3.05, 3.63) is 87.5 Å². The van der Waals surface area contributed by atoms with Crippen LogP contribution in [-0.2, 0) is 17.7 Å². The van der Waals surface area contributed by atoms with Gasteiger partial charge in [0.2, 0.25) is 0 Å². The van der Waals surface area contributed by atoms with Gasteiger partial charge in [0.15, 0.2) is 0 Å². The zero-order valence-electron chi connectivity index (χ0n) is 28.4. The maximum Gasteiger partial charge on any atom is 0.414 e. The van der Waals surface area contributed by atoms with Crippen LogP contribution >= 0.6 is 11.3 Å². The molecule has 4 heterocycles. The lowest BCUT2D eigenvalue weighted by atomic mass is 9.86. The molecule has 262 valence electrons. The lowest BCUT2D eigenvalue weighted by molar-refractivity contribution is -0.0311. The van der Waals surface area contributed by atoms with Crippen molar-refractivity contribution < 1.29 is 19.4 Å². The zero-order valence-corrected chi connectivity index (χ0v) is 29.2. The van der Waals surface area contributed by atoms with Crippen molar-refractivity contribution in [1.82, 2.24) is 15.2 Å². The van der Waals surface area contributed by atoms with Crippen molar-refractivity contribution in [3.8, 4) is 11.5 Å². The summed E-state index contributed by atoms with van der Waals surface area (Å²) < 4.78 is 13.1. The molecule has 3 saturated heterocycles. The first-order valence-electron chi connectivity index (χ1n) is 18.0. The molecule has 10 heteroatoms. The second-order valence-corrected chi connectivity index (χ2v) is 14.4. The van der Waals surface area contributed by atoms with Crippen molar-refractivity contribution >= 4 is 33.3 Å². The number of nitrogens with zero attached hydrogens (tertiary/aromatic N) is 2. The number of aromatic nitrogens is 1. The number of H-pyrrole nitrogens is 1. The number of aromatic amines is 1. The molecule has 0 radical (unpaired) electrons. The topological polar surface area (TPSA) is 107 Å². The minimum atomic E-state index is -0.289. The Morgan fingerprint density at radius 3 is 2.49 bits per heavy atom. The van der Waals surface area contributed by atoms with E-state index in [0.717, 1.165) is 110 Å². The summed E-state index contributed by atoms with van der Waals surface area (Å²) in [7, 11) is 0. The smallest absolute Gasteiger partial charge is 0.414 e. The molecule has 1 aromatic heterocycles. The van der Waals surface area contributed by atoms with Crippen molar-refractivity contribution in [2.45, 2.75) is 76.9 Å². The van der Waals surface area contributed by atoms with Gasteiger partial charge in [-0.2, -0.15) is 0 Å². The number of aromatic hydroxyl groups is 1. The zero-order chi connectivity index (χ0) is 33.8. The Kier molecular flexibility index (Phi) is 12.6. The number of thiazole rings is 1. The Labute approximate surface area is 293 Å². The molecule has 4 aromatic rings. The Balaban J connectivity index is 0.863. The molecule has 1 atom stereocenters. The van der Waals surface area contributed by atoms with E-state index in [-0.39, 0.29) is 22.8 Å². The molecule has 3 aliphatic heterocycles. The first-order chi connectivity index (χ1) is 24.0. The van der Waals surface area contributed by atoms with Gasteiger partial charge in [-0.3, -0.25) is 14.6 Å². The molecular weight excluding hydrogens is 637 g/mol. The molecule has 49 heavy (non-hydrogen) atoms. The van der Waals surface area contributed by atoms with Crippen LogP contribution in [-0.4, -0.2) is 66.5 Å². The van der Waals surface area contributed by atoms with Gasteiger partial charge in [-0.15, -0.1) is 0 Å². The summed E-state index contributed by atoms with van der Waals surface area (Å²) in [5, 5.41) is 13.5. The average Bonchev–Trinajstić information content (AvgIpc) is 3.53. The van der Waals surface area contributed by atoms with Crippen LogP contribution in [0.2, 0.25) is 0 Å². The van der Waals surface area contributed by atoms with Crippen LogP contribution in [0.1, 0.15) is 68.9 Å². The van der Waals surface area contributed by atoms with Crippen molar-refractivity contribution in [1.29, 1.82) is 0 Å². The molecule has 1 amide bonds. The third-order valence-electron chi connectivity index (χ3n) is 9.86. The van der Waals surface area contributed by atoms with Crippen molar-refractivity contribution in [2.75, 3.05) is 44.2 Å². The number of hydrogen-bond donors (Lipinski definition) is 3. The molecule has 0 saturated carbocycles.